The topological polar surface area (TPSA) is 119 Å². The van der Waals surface area contributed by atoms with E-state index in [4.69, 9.17) is 5.26 Å². The third-order valence-corrected chi connectivity index (χ3v) is 2.64. The standard InChI is InChI=1S/C13H13N7O/c1-8-3-4-11(16-9(2)21)5-12(8)15-7-10(6-14)13-17-19-20-18-13/h3-5,7,15H,1-2H3,(H,16,21)(H,17,18,19,20). The summed E-state index contributed by atoms with van der Waals surface area (Å²) >= 11 is 0. The summed E-state index contributed by atoms with van der Waals surface area (Å²) < 4.78 is 0. The second-order valence-electron chi connectivity index (χ2n) is 4.26. The average molecular weight is 283 g/mol. The zero-order chi connectivity index (χ0) is 15.2. The number of nitrogens with zero attached hydrogens (tertiary/aromatic N) is 4. The Balaban J connectivity index is 2.23. The van der Waals surface area contributed by atoms with E-state index < -0.39 is 0 Å². The molecule has 0 spiro atoms. The fourth-order valence-electron chi connectivity index (χ4n) is 1.63. The predicted octanol–water partition coefficient (Wildman–Crippen LogP) is 1.44. The van der Waals surface area contributed by atoms with Crippen molar-refractivity contribution in [3.8, 4) is 6.07 Å². The predicted molar refractivity (Wildman–Crippen MR) is 76.9 cm³/mol. The lowest BCUT2D eigenvalue weighted by Crippen LogP contribution is -2.06. The summed E-state index contributed by atoms with van der Waals surface area (Å²) in [6.07, 6.45) is 1.49. The number of hydrogen-bond acceptors (Lipinski definition) is 6. The van der Waals surface area contributed by atoms with Crippen molar-refractivity contribution in [2.45, 2.75) is 13.8 Å². The van der Waals surface area contributed by atoms with Crippen LogP contribution in [-0.2, 0) is 4.79 Å². The van der Waals surface area contributed by atoms with Crippen LogP contribution < -0.4 is 10.6 Å². The van der Waals surface area contributed by atoms with Gasteiger partial charge in [-0.25, -0.2) is 0 Å². The van der Waals surface area contributed by atoms with Crippen LogP contribution in [0, 0.1) is 18.3 Å². The molecule has 1 aromatic carbocycles. The molecule has 1 aromatic heterocycles. The molecule has 8 heteroatoms. The number of benzene rings is 1. The molecule has 0 unspecified atom stereocenters. The zero-order valence-electron chi connectivity index (χ0n) is 11.5. The molecule has 106 valence electrons. The maximum absolute atomic E-state index is 11.1. The first kappa shape index (κ1) is 14.2. The smallest absolute Gasteiger partial charge is 0.221 e. The van der Waals surface area contributed by atoms with E-state index >= 15 is 0 Å². The molecule has 1 heterocycles. The summed E-state index contributed by atoms with van der Waals surface area (Å²) in [5.74, 6) is 0.0607. The number of aromatic amines is 1. The summed E-state index contributed by atoms with van der Waals surface area (Å²) in [5.41, 5.74) is 2.64. The minimum atomic E-state index is -0.148. The van der Waals surface area contributed by atoms with Crippen LogP contribution in [0.4, 0.5) is 11.4 Å². The van der Waals surface area contributed by atoms with Gasteiger partial charge in [0.2, 0.25) is 11.7 Å². The second kappa shape index (κ2) is 6.29. The van der Waals surface area contributed by atoms with Crippen molar-refractivity contribution >= 4 is 22.9 Å². The Morgan fingerprint density at radius 1 is 1.48 bits per heavy atom. The highest BCUT2D eigenvalue weighted by Crippen LogP contribution is 2.21. The van der Waals surface area contributed by atoms with Gasteiger partial charge in [-0.05, 0) is 29.8 Å². The third-order valence-electron chi connectivity index (χ3n) is 2.64. The summed E-state index contributed by atoms with van der Waals surface area (Å²) in [6.45, 7) is 3.35. The molecule has 0 radical (unpaired) electrons. The lowest BCUT2D eigenvalue weighted by Gasteiger charge is -2.09. The number of nitrogens with one attached hydrogen (secondary N) is 3. The van der Waals surface area contributed by atoms with E-state index in [1.165, 1.54) is 13.1 Å². The van der Waals surface area contributed by atoms with Crippen LogP contribution in [0.15, 0.2) is 24.4 Å². The molecule has 0 atom stereocenters. The maximum atomic E-state index is 11.1. The van der Waals surface area contributed by atoms with Gasteiger partial charge in [0.15, 0.2) is 0 Å². The summed E-state index contributed by atoms with van der Waals surface area (Å²) in [5, 5.41) is 28.0. The highest BCUT2D eigenvalue weighted by molar-refractivity contribution is 5.89. The van der Waals surface area contributed by atoms with Crippen LogP contribution in [-0.4, -0.2) is 26.5 Å². The van der Waals surface area contributed by atoms with E-state index in [0.717, 1.165) is 11.3 Å². The van der Waals surface area contributed by atoms with Gasteiger partial charge < -0.3 is 10.6 Å². The number of H-pyrrole nitrogens is 1. The third kappa shape index (κ3) is 3.63. The molecule has 0 aliphatic heterocycles. The summed E-state index contributed by atoms with van der Waals surface area (Å²) in [4.78, 5) is 11.1. The Labute approximate surface area is 120 Å². The van der Waals surface area contributed by atoms with E-state index in [1.54, 1.807) is 12.1 Å². The number of aromatic nitrogens is 4. The summed E-state index contributed by atoms with van der Waals surface area (Å²) in [7, 11) is 0. The van der Waals surface area contributed by atoms with Gasteiger partial charge in [0.1, 0.15) is 11.6 Å². The summed E-state index contributed by atoms with van der Waals surface area (Å²) in [6, 6.07) is 7.43. The number of carbonyl (C=O) groups is 1. The number of hydrogen-bond donors (Lipinski definition) is 3. The molecular weight excluding hydrogens is 270 g/mol. The molecule has 21 heavy (non-hydrogen) atoms. The molecule has 0 bridgehead atoms. The Morgan fingerprint density at radius 2 is 2.29 bits per heavy atom. The van der Waals surface area contributed by atoms with Crippen molar-refractivity contribution in [2.75, 3.05) is 10.6 Å². The largest absolute Gasteiger partial charge is 0.360 e. The van der Waals surface area contributed by atoms with Crippen molar-refractivity contribution in [1.29, 1.82) is 5.26 Å². The molecule has 1 amide bonds. The van der Waals surface area contributed by atoms with Crippen LogP contribution in [0.25, 0.3) is 5.57 Å². The minimum absolute atomic E-state index is 0.148. The number of allylic oxidation sites excluding steroid dienone is 1. The van der Waals surface area contributed by atoms with Gasteiger partial charge in [-0.15, -0.1) is 10.2 Å². The van der Waals surface area contributed by atoms with Crippen molar-refractivity contribution in [3.63, 3.8) is 0 Å². The van der Waals surface area contributed by atoms with Gasteiger partial charge in [0, 0.05) is 24.5 Å². The minimum Gasteiger partial charge on any atom is -0.360 e. The van der Waals surface area contributed by atoms with Crippen LogP contribution in [0.1, 0.15) is 18.3 Å². The van der Waals surface area contributed by atoms with Gasteiger partial charge in [-0.3, -0.25) is 4.79 Å². The number of nitriles is 1. The van der Waals surface area contributed by atoms with E-state index in [9.17, 15) is 4.79 Å². The highest BCUT2D eigenvalue weighted by atomic mass is 16.1. The first-order valence-electron chi connectivity index (χ1n) is 6.09. The van der Waals surface area contributed by atoms with Crippen molar-refractivity contribution in [2.24, 2.45) is 0 Å². The van der Waals surface area contributed by atoms with E-state index in [-0.39, 0.29) is 17.3 Å². The Hall–Kier alpha value is -3.21. The van der Waals surface area contributed by atoms with Crippen molar-refractivity contribution < 1.29 is 4.79 Å². The monoisotopic (exact) mass is 283 g/mol. The van der Waals surface area contributed by atoms with Gasteiger partial charge in [-0.1, -0.05) is 6.07 Å². The van der Waals surface area contributed by atoms with Gasteiger partial charge >= 0.3 is 0 Å². The Morgan fingerprint density at radius 3 is 2.90 bits per heavy atom. The highest BCUT2D eigenvalue weighted by Gasteiger charge is 2.06. The number of tetrazole rings is 1. The average Bonchev–Trinajstić information content (AvgIpc) is 2.96. The molecule has 2 aromatic rings. The molecule has 0 saturated heterocycles. The van der Waals surface area contributed by atoms with Crippen LogP contribution in [0.5, 0.6) is 0 Å². The van der Waals surface area contributed by atoms with Crippen molar-refractivity contribution in [1.82, 2.24) is 20.6 Å². The molecule has 3 N–H and O–H groups in total. The first-order valence-corrected chi connectivity index (χ1v) is 6.09. The van der Waals surface area contributed by atoms with Crippen LogP contribution in [0.2, 0.25) is 0 Å². The number of anilines is 2. The lowest BCUT2D eigenvalue weighted by molar-refractivity contribution is -0.114. The van der Waals surface area contributed by atoms with E-state index in [1.807, 2.05) is 19.1 Å². The van der Waals surface area contributed by atoms with E-state index in [0.29, 0.717) is 5.69 Å². The lowest BCUT2D eigenvalue weighted by atomic mass is 10.1. The van der Waals surface area contributed by atoms with Crippen LogP contribution in [0.3, 0.4) is 0 Å². The second-order valence-corrected chi connectivity index (χ2v) is 4.26. The Bertz CT molecular complexity index is 713. The van der Waals surface area contributed by atoms with Gasteiger partial charge in [0.25, 0.3) is 0 Å². The SMILES string of the molecule is CC(=O)Nc1ccc(C)c(NC=C(C#N)c2nn[nH]n2)c1. The molecule has 0 fully saturated rings. The molecule has 0 saturated carbocycles. The first-order chi connectivity index (χ1) is 10.1. The number of amides is 1. The molecule has 2 rings (SSSR count). The Kier molecular flexibility index (Phi) is 4.26. The molecular formula is C13H13N7O. The quantitative estimate of drug-likeness (QED) is 0.730. The zero-order valence-corrected chi connectivity index (χ0v) is 11.5. The fraction of sp³-hybridized carbons (Fsp3) is 0.154. The van der Waals surface area contributed by atoms with Crippen LogP contribution >= 0.6 is 0 Å². The van der Waals surface area contributed by atoms with Gasteiger partial charge in [-0.2, -0.15) is 10.5 Å². The fourth-order valence-corrected chi connectivity index (χ4v) is 1.63. The molecule has 0 aliphatic rings. The van der Waals surface area contributed by atoms with E-state index in [2.05, 4.69) is 31.3 Å². The number of rotatable bonds is 4. The van der Waals surface area contributed by atoms with Gasteiger partial charge in [0.05, 0.1) is 0 Å². The van der Waals surface area contributed by atoms with Crippen molar-refractivity contribution in [3.05, 3.63) is 35.8 Å². The molecule has 0 aliphatic carbocycles. The number of aryl methyl sites for hydroxylation is 1. The maximum Gasteiger partial charge on any atom is 0.221 e. The number of carbonyl (C=O) groups excluding carboxylic acids is 1. The molecule has 8 nitrogen and oxygen atoms in total. The normalized spacial score (nSPS) is 10.8.